The van der Waals surface area contributed by atoms with Crippen molar-refractivity contribution < 1.29 is 9.53 Å². The van der Waals surface area contributed by atoms with Gasteiger partial charge in [0.1, 0.15) is 12.2 Å². The van der Waals surface area contributed by atoms with Gasteiger partial charge < -0.3 is 24.8 Å². The van der Waals surface area contributed by atoms with E-state index in [0.717, 1.165) is 57.1 Å². The van der Waals surface area contributed by atoms with Gasteiger partial charge in [0.05, 0.1) is 6.61 Å². The number of allylic oxidation sites excluding steroid dienone is 1. The van der Waals surface area contributed by atoms with Crippen LogP contribution >= 0.6 is 0 Å². The van der Waals surface area contributed by atoms with E-state index in [1.54, 1.807) is 16.8 Å². The van der Waals surface area contributed by atoms with E-state index in [1.807, 2.05) is 6.92 Å². The summed E-state index contributed by atoms with van der Waals surface area (Å²) in [4.78, 5) is 18.6. The summed E-state index contributed by atoms with van der Waals surface area (Å²) >= 11 is 0. The largest absolute Gasteiger partial charge is 0.450 e. The lowest BCUT2D eigenvalue weighted by Gasteiger charge is -2.32. The molecule has 0 bridgehead atoms. The van der Waals surface area contributed by atoms with Gasteiger partial charge in [0, 0.05) is 45.2 Å². The van der Waals surface area contributed by atoms with Crippen LogP contribution in [0, 0.1) is 0 Å². The highest BCUT2D eigenvalue weighted by Gasteiger charge is 2.24. The first kappa shape index (κ1) is 24.1. The minimum Gasteiger partial charge on any atom is -0.450 e. The maximum Gasteiger partial charge on any atom is 0.409 e. The molecule has 1 aromatic rings. The molecule has 178 valence electrons. The first-order valence-electron chi connectivity index (χ1n) is 12.2. The number of ether oxygens (including phenoxy) is 1. The Morgan fingerprint density at radius 1 is 1.28 bits per heavy atom. The van der Waals surface area contributed by atoms with Gasteiger partial charge in [-0.3, -0.25) is 4.99 Å². The number of aliphatic imine (C=N–C) groups is 1. The summed E-state index contributed by atoms with van der Waals surface area (Å²) in [5.74, 6) is 1.84. The number of guanidine groups is 1. The predicted molar refractivity (Wildman–Crippen MR) is 126 cm³/mol. The van der Waals surface area contributed by atoms with E-state index in [-0.39, 0.29) is 6.09 Å². The summed E-state index contributed by atoms with van der Waals surface area (Å²) in [7, 11) is 0. The van der Waals surface area contributed by atoms with Crippen molar-refractivity contribution in [3.8, 4) is 0 Å². The van der Waals surface area contributed by atoms with Crippen LogP contribution in [0.4, 0.5) is 4.79 Å². The van der Waals surface area contributed by atoms with E-state index in [2.05, 4.69) is 38.4 Å². The number of nitrogens with one attached hydrogen (secondary N) is 2. The minimum absolute atomic E-state index is 0.209. The SMILES string of the molecule is CCOC(=O)N1CCC(NC(=NCCC2=CCCCC2)NCCn2cnnc2CC)CC1. The molecule has 32 heavy (non-hydrogen) atoms. The average molecular weight is 446 g/mol. The second kappa shape index (κ2) is 13.1. The lowest BCUT2D eigenvalue weighted by atomic mass is 9.97. The number of piperidine rings is 1. The molecule has 2 aliphatic rings. The summed E-state index contributed by atoms with van der Waals surface area (Å²) in [6, 6.07) is 0.293. The summed E-state index contributed by atoms with van der Waals surface area (Å²) in [5, 5.41) is 15.2. The van der Waals surface area contributed by atoms with E-state index in [9.17, 15) is 4.79 Å². The van der Waals surface area contributed by atoms with Crippen molar-refractivity contribution >= 4 is 12.1 Å². The lowest BCUT2D eigenvalue weighted by molar-refractivity contribution is 0.0963. The van der Waals surface area contributed by atoms with Crippen LogP contribution in [0.25, 0.3) is 0 Å². The molecule has 9 nitrogen and oxygen atoms in total. The Hall–Kier alpha value is -2.58. The van der Waals surface area contributed by atoms with Crippen LogP contribution in [0.15, 0.2) is 23.0 Å². The third kappa shape index (κ3) is 7.53. The topological polar surface area (TPSA) is 96.7 Å². The summed E-state index contributed by atoms with van der Waals surface area (Å²) < 4.78 is 7.21. The Balaban J connectivity index is 1.51. The van der Waals surface area contributed by atoms with Gasteiger partial charge in [0.2, 0.25) is 0 Å². The maximum atomic E-state index is 12.0. The molecular formula is C23H39N7O2. The Labute approximate surface area is 191 Å². The highest BCUT2D eigenvalue weighted by Crippen LogP contribution is 2.19. The Morgan fingerprint density at radius 3 is 2.84 bits per heavy atom. The van der Waals surface area contributed by atoms with E-state index in [1.165, 1.54) is 25.7 Å². The summed E-state index contributed by atoms with van der Waals surface area (Å²) in [6.07, 6.45) is 12.7. The molecule has 0 atom stereocenters. The quantitative estimate of drug-likeness (QED) is 0.345. The van der Waals surface area contributed by atoms with Crippen molar-refractivity contribution in [1.29, 1.82) is 0 Å². The fourth-order valence-electron chi connectivity index (χ4n) is 4.24. The van der Waals surface area contributed by atoms with Gasteiger partial charge in [-0.15, -0.1) is 10.2 Å². The average Bonchev–Trinajstić information content (AvgIpc) is 3.28. The van der Waals surface area contributed by atoms with Crippen LogP contribution in [0.3, 0.4) is 0 Å². The normalized spacial score (nSPS) is 17.8. The second-order valence-corrected chi connectivity index (χ2v) is 8.41. The van der Waals surface area contributed by atoms with Gasteiger partial charge in [-0.2, -0.15) is 0 Å². The molecule has 1 aliphatic heterocycles. The zero-order valence-electron chi connectivity index (χ0n) is 19.7. The van der Waals surface area contributed by atoms with Crippen LogP contribution in [-0.4, -0.2) is 70.5 Å². The van der Waals surface area contributed by atoms with E-state index in [4.69, 9.17) is 9.73 Å². The van der Waals surface area contributed by atoms with Crippen molar-refractivity contribution in [3.05, 3.63) is 23.8 Å². The molecule has 3 rings (SSSR count). The molecule has 1 amide bonds. The molecule has 1 saturated heterocycles. The molecular weight excluding hydrogens is 406 g/mol. The number of carbonyl (C=O) groups is 1. The van der Waals surface area contributed by atoms with Crippen LogP contribution in [0.2, 0.25) is 0 Å². The van der Waals surface area contributed by atoms with Crippen LogP contribution in [-0.2, 0) is 17.7 Å². The fraction of sp³-hybridized carbons (Fsp3) is 0.739. The number of likely N-dealkylation sites (tertiary alicyclic amines) is 1. The zero-order chi connectivity index (χ0) is 22.6. The Kier molecular flexibility index (Phi) is 9.84. The first-order valence-corrected chi connectivity index (χ1v) is 12.2. The Morgan fingerprint density at radius 2 is 2.12 bits per heavy atom. The third-order valence-corrected chi connectivity index (χ3v) is 6.11. The fourth-order valence-corrected chi connectivity index (χ4v) is 4.24. The van der Waals surface area contributed by atoms with Gasteiger partial charge in [-0.05, 0) is 51.9 Å². The number of amides is 1. The smallest absolute Gasteiger partial charge is 0.409 e. The molecule has 1 fully saturated rings. The first-order chi connectivity index (χ1) is 15.7. The van der Waals surface area contributed by atoms with Gasteiger partial charge in [0.25, 0.3) is 0 Å². The number of hydrogen-bond acceptors (Lipinski definition) is 5. The van der Waals surface area contributed by atoms with Crippen molar-refractivity contribution in [2.24, 2.45) is 4.99 Å². The molecule has 9 heteroatoms. The molecule has 0 radical (unpaired) electrons. The summed E-state index contributed by atoms with van der Waals surface area (Å²) in [6.45, 7) is 8.09. The summed E-state index contributed by atoms with van der Waals surface area (Å²) in [5.41, 5.74) is 1.54. The van der Waals surface area contributed by atoms with Crippen LogP contribution in [0.5, 0.6) is 0 Å². The number of aromatic nitrogens is 3. The molecule has 2 N–H and O–H groups in total. The molecule has 0 saturated carbocycles. The zero-order valence-corrected chi connectivity index (χ0v) is 19.7. The van der Waals surface area contributed by atoms with Crippen molar-refractivity contribution in [2.45, 2.75) is 77.8 Å². The number of nitrogens with zero attached hydrogens (tertiary/aromatic N) is 5. The number of hydrogen-bond donors (Lipinski definition) is 2. The van der Waals surface area contributed by atoms with Crippen molar-refractivity contribution in [1.82, 2.24) is 30.3 Å². The van der Waals surface area contributed by atoms with Crippen molar-refractivity contribution in [2.75, 3.05) is 32.8 Å². The van der Waals surface area contributed by atoms with Crippen molar-refractivity contribution in [3.63, 3.8) is 0 Å². The molecule has 0 unspecified atom stereocenters. The van der Waals surface area contributed by atoms with Gasteiger partial charge >= 0.3 is 6.09 Å². The van der Waals surface area contributed by atoms with E-state index >= 15 is 0 Å². The number of rotatable bonds is 9. The lowest BCUT2D eigenvalue weighted by Crippen LogP contribution is -2.50. The van der Waals surface area contributed by atoms with E-state index < -0.39 is 0 Å². The van der Waals surface area contributed by atoms with E-state index in [0.29, 0.717) is 25.7 Å². The maximum absolute atomic E-state index is 12.0. The molecule has 1 aliphatic carbocycles. The molecule has 0 aromatic carbocycles. The Bertz CT molecular complexity index is 766. The second-order valence-electron chi connectivity index (χ2n) is 8.41. The predicted octanol–water partition coefficient (Wildman–Crippen LogP) is 2.89. The highest BCUT2D eigenvalue weighted by molar-refractivity contribution is 5.80. The minimum atomic E-state index is -0.209. The molecule has 2 heterocycles. The van der Waals surface area contributed by atoms with Crippen LogP contribution in [0.1, 0.15) is 64.6 Å². The van der Waals surface area contributed by atoms with Crippen LogP contribution < -0.4 is 10.6 Å². The standard InChI is InChI=1S/C23H39N7O2/c1-3-21-28-26-18-30(21)17-14-25-22(24-13-10-19-8-6-5-7-9-19)27-20-11-15-29(16-12-20)23(31)32-4-2/h8,18,20H,3-7,9-17H2,1-2H3,(H2,24,25,27). The molecule has 0 spiro atoms. The monoisotopic (exact) mass is 445 g/mol. The number of aryl methyl sites for hydroxylation is 1. The van der Waals surface area contributed by atoms with Gasteiger partial charge in [-0.25, -0.2) is 4.79 Å². The molecule has 1 aromatic heterocycles. The van der Waals surface area contributed by atoms with Gasteiger partial charge in [-0.1, -0.05) is 18.6 Å². The number of carbonyl (C=O) groups excluding carboxylic acids is 1. The third-order valence-electron chi connectivity index (χ3n) is 6.11. The van der Waals surface area contributed by atoms with Gasteiger partial charge in [0.15, 0.2) is 5.96 Å². The highest BCUT2D eigenvalue weighted by atomic mass is 16.6.